The van der Waals surface area contributed by atoms with E-state index in [0.717, 1.165) is 5.56 Å². The summed E-state index contributed by atoms with van der Waals surface area (Å²) >= 11 is 0. The molecule has 14 heteroatoms. The lowest BCUT2D eigenvalue weighted by atomic mass is 10.0. The van der Waals surface area contributed by atoms with Gasteiger partial charge >= 0.3 is 0 Å². The predicted octanol–water partition coefficient (Wildman–Crippen LogP) is -2.24. The van der Waals surface area contributed by atoms with Crippen LogP contribution in [0, 0.1) is 5.92 Å². The van der Waals surface area contributed by atoms with Gasteiger partial charge in [0.25, 0.3) is 0 Å². The Hall–Kier alpha value is -4.20. The highest BCUT2D eigenvalue weighted by atomic mass is 16.3. The zero-order chi connectivity index (χ0) is 30.4. The predicted molar refractivity (Wildman–Crippen MR) is 149 cm³/mol. The molecular formula is C26H42N8O6. The zero-order valence-corrected chi connectivity index (χ0v) is 23.3. The molecule has 0 aromatic heterocycles. The third kappa shape index (κ3) is 12.1. The number of aliphatic imine (C=N–C) groups is 1. The van der Waals surface area contributed by atoms with Crippen LogP contribution in [0.1, 0.15) is 46.1 Å². The van der Waals surface area contributed by atoms with Gasteiger partial charge in [-0.2, -0.15) is 0 Å². The second-order valence-electron chi connectivity index (χ2n) is 9.81. The molecule has 0 aliphatic carbocycles. The van der Waals surface area contributed by atoms with Gasteiger partial charge < -0.3 is 43.6 Å². The second-order valence-corrected chi connectivity index (χ2v) is 9.81. The van der Waals surface area contributed by atoms with Gasteiger partial charge in [-0.25, -0.2) is 0 Å². The van der Waals surface area contributed by atoms with Gasteiger partial charge in [0.2, 0.25) is 29.5 Å². The maximum absolute atomic E-state index is 13.2. The lowest BCUT2D eigenvalue weighted by molar-refractivity contribution is -0.136. The monoisotopic (exact) mass is 562 g/mol. The largest absolute Gasteiger partial charge is 0.391 e. The fourth-order valence-electron chi connectivity index (χ4n) is 3.79. The van der Waals surface area contributed by atoms with Crippen LogP contribution in [0.2, 0.25) is 0 Å². The molecule has 0 saturated heterocycles. The lowest BCUT2D eigenvalue weighted by Gasteiger charge is -2.28. The Balaban J connectivity index is 2.98. The van der Waals surface area contributed by atoms with Crippen LogP contribution >= 0.6 is 0 Å². The first-order valence-corrected chi connectivity index (χ1v) is 13.0. The maximum atomic E-state index is 13.2. The summed E-state index contributed by atoms with van der Waals surface area (Å²) in [5.74, 6) is -3.96. The number of nitrogens with zero attached hydrogens (tertiary/aromatic N) is 1. The van der Waals surface area contributed by atoms with Gasteiger partial charge in [0, 0.05) is 19.9 Å². The van der Waals surface area contributed by atoms with Crippen LogP contribution in [0.5, 0.6) is 0 Å². The summed E-state index contributed by atoms with van der Waals surface area (Å²) in [7, 11) is 0. The van der Waals surface area contributed by atoms with Crippen molar-refractivity contribution in [3.8, 4) is 0 Å². The van der Waals surface area contributed by atoms with E-state index < -0.39 is 65.7 Å². The highest BCUT2D eigenvalue weighted by molar-refractivity contribution is 5.95. The van der Waals surface area contributed by atoms with E-state index in [1.54, 1.807) is 44.2 Å². The second kappa shape index (κ2) is 16.7. The van der Waals surface area contributed by atoms with Gasteiger partial charge in [0.05, 0.1) is 6.10 Å². The van der Waals surface area contributed by atoms with E-state index in [-0.39, 0.29) is 25.3 Å². The Bertz CT molecular complexity index is 1040. The number of carbonyl (C=O) groups is 5. The molecule has 0 bridgehead atoms. The Kier molecular flexibility index (Phi) is 14.1. The van der Waals surface area contributed by atoms with Crippen LogP contribution < -0.4 is 38.5 Å². The number of guanidine groups is 1. The van der Waals surface area contributed by atoms with Crippen molar-refractivity contribution in [2.75, 3.05) is 6.54 Å². The summed E-state index contributed by atoms with van der Waals surface area (Å²) in [6.07, 6.45) is -0.659. The van der Waals surface area contributed by atoms with Crippen LogP contribution in [-0.2, 0) is 30.4 Å². The number of benzene rings is 1. The van der Waals surface area contributed by atoms with Gasteiger partial charge in [-0.1, -0.05) is 44.2 Å². The van der Waals surface area contributed by atoms with Gasteiger partial charge in [0.15, 0.2) is 5.96 Å². The molecule has 5 amide bonds. The molecule has 11 N–H and O–H groups in total. The summed E-state index contributed by atoms with van der Waals surface area (Å²) < 4.78 is 0. The topological polar surface area (TPSA) is 244 Å². The highest BCUT2D eigenvalue weighted by Crippen LogP contribution is 2.08. The lowest BCUT2D eigenvalue weighted by Crippen LogP contribution is -2.61. The smallest absolute Gasteiger partial charge is 0.245 e. The summed E-state index contributed by atoms with van der Waals surface area (Å²) in [6.45, 7) is 6.15. The highest BCUT2D eigenvalue weighted by Gasteiger charge is 2.34. The minimum absolute atomic E-state index is 0.101. The van der Waals surface area contributed by atoms with Crippen LogP contribution in [0.25, 0.3) is 0 Å². The van der Waals surface area contributed by atoms with E-state index in [1.165, 1.54) is 13.8 Å². The van der Waals surface area contributed by atoms with Gasteiger partial charge in [0.1, 0.15) is 24.2 Å². The average molecular weight is 563 g/mol. The molecule has 5 atom stereocenters. The molecule has 0 aliphatic heterocycles. The molecule has 1 rings (SSSR count). The first kappa shape index (κ1) is 33.8. The van der Waals surface area contributed by atoms with Gasteiger partial charge in [-0.15, -0.1) is 0 Å². The standard InChI is InChI=1S/C26H42N8O6/c1-14(2)20(33-23(38)18(31-16(4)36)11-8-12-30-26(28)29)24(39)34-21(15(3)35)25(40)32-19(22(27)37)13-17-9-6-5-7-10-17/h5-7,9-10,14-15,18-21,35H,8,11-13H2,1-4H3,(H2,27,37)(H,31,36)(H,32,40)(H,33,38)(H,34,39)(H4,28,29,30)/t15-,18+,19+,20+,21+/m1/s1. The van der Waals surface area contributed by atoms with Crippen molar-refractivity contribution >= 4 is 35.5 Å². The van der Waals surface area contributed by atoms with Crippen LogP contribution in [0.15, 0.2) is 35.3 Å². The summed E-state index contributed by atoms with van der Waals surface area (Å²) in [4.78, 5) is 66.7. The molecule has 0 spiro atoms. The number of hydrogen-bond acceptors (Lipinski definition) is 7. The molecule has 1 aromatic rings. The average Bonchev–Trinajstić information content (AvgIpc) is 2.86. The first-order chi connectivity index (χ1) is 18.7. The quantitative estimate of drug-likeness (QED) is 0.0620. The normalized spacial score (nSPS) is 14.6. The molecule has 1 aromatic carbocycles. The van der Waals surface area contributed by atoms with Gasteiger partial charge in [-0.05, 0) is 31.2 Å². The van der Waals surface area contributed by atoms with E-state index in [1.807, 2.05) is 0 Å². The SMILES string of the molecule is CC(=O)N[C@@H](CCCN=C(N)N)C(=O)N[C@H](C(=O)N[C@H](C(=O)N[C@@H](Cc1ccccc1)C(N)=O)[C@@H](C)O)C(C)C. The van der Waals surface area contributed by atoms with Crippen molar-refractivity contribution in [1.29, 1.82) is 0 Å². The minimum Gasteiger partial charge on any atom is -0.391 e. The fourth-order valence-corrected chi connectivity index (χ4v) is 3.79. The van der Waals surface area contributed by atoms with Gasteiger partial charge in [-0.3, -0.25) is 29.0 Å². The summed E-state index contributed by atoms with van der Waals surface area (Å²) in [5, 5.41) is 20.4. The van der Waals surface area contributed by atoms with Crippen LogP contribution in [-0.4, -0.2) is 77.4 Å². The Labute approximate surface area is 233 Å². The van der Waals surface area contributed by atoms with E-state index in [9.17, 15) is 29.1 Å². The summed E-state index contributed by atoms with van der Waals surface area (Å²) in [6, 6.07) is 4.25. The maximum Gasteiger partial charge on any atom is 0.245 e. The molecule has 0 fully saturated rings. The zero-order valence-electron chi connectivity index (χ0n) is 23.3. The van der Waals surface area contributed by atoms with E-state index in [4.69, 9.17) is 17.2 Å². The molecule has 0 unspecified atom stereocenters. The number of nitrogens with one attached hydrogen (secondary N) is 4. The van der Waals surface area contributed by atoms with Crippen molar-refractivity contribution in [1.82, 2.24) is 21.3 Å². The van der Waals surface area contributed by atoms with Crippen molar-refractivity contribution in [2.24, 2.45) is 28.1 Å². The first-order valence-electron chi connectivity index (χ1n) is 13.0. The number of aliphatic hydroxyl groups is 1. The Morgan fingerprint density at radius 3 is 1.90 bits per heavy atom. The van der Waals surface area contributed by atoms with Crippen molar-refractivity contribution in [3.05, 3.63) is 35.9 Å². The van der Waals surface area contributed by atoms with E-state index in [0.29, 0.717) is 6.42 Å². The number of amides is 5. The molecule has 222 valence electrons. The van der Waals surface area contributed by atoms with Crippen molar-refractivity contribution in [2.45, 2.75) is 77.2 Å². The number of hydrogen-bond donors (Lipinski definition) is 8. The number of nitrogens with two attached hydrogens (primary N) is 3. The van der Waals surface area contributed by atoms with Crippen LogP contribution in [0.3, 0.4) is 0 Å². The number of rotatable bonds is 16. The van der Waals surface area contributed by atoms with Crippen molar-refractivity contribution in [3.63, 3.8) is 0 Å². The Morgan fingerprint density at radius 2 is 1.40 bits per heavy atom. The third-order valence-corrected chi connectivity index (χ3v) is 5.89. The van der Waals surface area contributed by atoms with E-state index >= 15 is 0 Å². The Morgan fingerprint density at radius 1 is 0.825 bits per heavy atom. The summed E-state index contributed by atoms with van der Waals surface area (Å²) in [5.41, 5.74) is 16.8. The van der Waals surface area contributed by atoms with Crippen molar-refractivity contribution < 1.29 is 29.1 Å². The number of aliphatic hydroxyl groups excluding tert-OH is 1. The molecular weight excluding hydrogens is 520 g/mol. The number of primary amides is 1. The minimum atomic E-state index is -1.45. The molecule has 0 heterocycles. The molecule has 0 saturated carbocycles. The number of carbonyl (C=O) groups excluding carboxylic acids is 5. The molecule has 0 radical (unpaired) electrons. The molecule has 40 heavy (non-hydrogen) atoms. The molecule has 0 aliphatic rings. The fraction of sp³-hybridized carbons (Fsp3) is 0.538. The van der Waals surface area contributed by atoms with Crippen LogP contribution in [0.4, 0.5) is 0 Å². The van der Waals surface area contributed by atoms with E-state index in [2.05, 4.69) is 26.3 Å². The molecule has 14 nitrogen and oxygen atoms in total. The third-order valence-electron chi connectivity index (χ3n) is 5.89.